The van der Waals surface area contributed by atoms with Gasteiger partial charge in [0.1, 0.15) is 6.10 Å². The second kappa shape index (κ2) is 9.24. The van der Waals surface area contributed by atoms with Crippen molar-refractivity contribution in [2.24, 2.45) is 5.73 Å². The molecule has 2 N–H and O–H groups in total. The van der Waals surface area contributed by atoms with E-state index in [0.717, 1.165) is 6.42 Å². The van der Waals surface area contributed by atoms with Crippen molar-refractivity contribution in [1.29, 1.82) is 0 Å². The Kier molecular flexibility index (Phi) is 6.49. The first-order chi connectivity index (χ1) is 13.2. The van der Waals surface area contributed by atoms with E-state index in [1.807, 2.05) is 43.3 Å². The third-order valence-electron chi connectivity index (χ3n) is 4.49. The van der Waals surface area contributed by atoms with Crippen molar-refractivity contribution in [3.63, 3.8) is 0 Å². The van der Waals surface area contributed by atoms with E-state index in [1.165, 1.54) is 17.2 Å². The summed E-state index contributed by atoms with van der Waals surface area (Å²) in [7, 11) is 0. The van der Waals surface area contributed by atoms with Crippen molar-refractivity contribution in [3.05, 3.63) is 83.7 Å². The molecule has 0 aromatic heterocycles. The maximum Gasteiger partial charge on any atom is 0.336 e. The van der Waals surface area contributed by atoms with E-state index in [1.54, 1.807) is 0 Å². The fourth-order valence-electron chi connectivity index (χ4n) is 3.22. The van der Waals surface area contributed by atoms with E-state index in [9.17, 15) is 4.79 Å². The second-order valence-corrected chi connectivity index (χ2v) is 6.63. The lowest BCUT2D eigenvalue weighted by molar-refractivity contribution is -0.152. The van der Waals surface area contributed by atoms with Gasteiger partial charge in [0.25, 0.3) is 0 Å². The summed E-state index contributed by atoms with van der Waals surface area (Å²) in [4.78, 5) is 14.3. The Balaban J connectivity index is 1.61. The summed E-state index contributed by atoms with van der Waals surface area (Å²) >= 11 is 0. The summed E-state index contributed by atoms with van der Waals surface area (Å²) in [6.45, 7) is 3.83. The molecule has 27 heavy (non-hydrogen) atoms. The van der Waals surface area contributed by atoms with Crippen LogP contribution in [0.15, 0.2) is 72.6 Å². The van der Waals surface area contributed by atoms with Gasteiger partial charge in [0.2, 0.25) is 0 Å². The van der Waals surface area contributed by atoms with Gasteiger partial charge in [0, 0.05) is 13.1 Å². The number of hydrogen-bond acceptors (Lipinski definition) is 5. The molecular weight excluding hydrogens is 340 g/mol. The third-order valence-corrected chi connectivity index (χ3v) is 4.49. The zero-order valence-electron chi connectivity index (χ0n) is 15.6. The number of esters is 1. The van der Waals surface area contributed by atoms with Crippen molar-refractivity contribution in [1.82, 2.24) is 4.90 Å². The monoisotopic (exact) mass is 366 g/mol. The van der Waals surface area contributed by atoms with Crippen LogP contribution in [-0.2, 0) is 14.3 Å². The number of hydrogen-bond donors (Lipinski definition) is 1. The Bertz CT molecular complexity index is 716. The zero-order valence-corrected chi connectivity index (χ0v) is 15.6. The maximum absolute atomic E-state index is 12.0. The Morgan fingerprint density at radius 1 is 1.11 bits per heavy atom. The minimum absolute atomic E-state index is 0.101. The molecule has 0 aliphatic carbocycles. The second-order valence-electron chi connectivity index (χ2n) is 6.63. The summed E-state index contributed by atoms with van der Waals surface area (Å²) in [5.74, 6) is -0.353. The van der Waals surface area contributed by atoms with E-state index < -0.39 is 5.97 Å². The predicted molar refractivity (Wildman–Crippen MR) is 105 cm³/mol. The van der Waals surface area contributed by atoms with E-state index in [2.05, 4.69) is 29.2 Å². The first-order valence-electron chi connectivity index (χ1n) is 9.32. The summed E-state index contributed by atoms with van der Waals surface area (Å²) in [5.41, 5.74) is 8.11. The van der Waals surface area contributed by atoms with E-state index in [4.69, 9.17) is 15.2 Å². The molecular formula is C22H26N2O3. The summed E-state index contributed by atoms with van der Waals surface area (Å²) in [6, 6.07) is 20.9. The molecule has 0 atom stereocenters. The quantitative estimate of drug-likeness (QED) is 0.441. The van der Waals surface area contributed by atoms with Gasteiger partial charge in [0.15, 0.2) is 5.88 Å². The van der Waals surface area contributed by atoms with Crippen molar-refractivity contribution < 1.29 is 14.3 Å². The minimum Gasteiger partial charge on any atom is -0.479 e. The van der Waals surface area contributed by atoms with Crippen LogP contribution in [0.5, 0.6) is 0 Å². The molecule has 0 bridgehead atoms. The maximum atomic E-state index is 12.0. The number of carbonyl (C=O) groups excluding carboxylic acids is 1. The van der Waals surface area contributed by atoms with Crippen molar-refractivity contribution in [2.45, 2.75) is 25.5 Å². The average Bonchev–Trinajstić information content (AvgIpc) is 2.66. The molecule has 5 heteroatoms. The number of nitrogens with two attached hydrogens (primary N) is 1. The van der Waals surface area contributed by atoms with Gasteiger partial charge in [-0.15, -0.1) is 0 Å². The number of carbonyl (C=O) groups is 1. The highest BCUT2D eigenvalue weighted by molar-refractivity contribution is 5.82. The smallest absolute Gasteiger partial charge is 0.336 e. The van der Waals surface area contributed by atoms with E-state index in [-0.39, 0.29) is 18.0 Å². The Morgan fingerprint density at radius 2 is 1.67 bits per heavy atom. The Hall–Kier alpha value is -2.79. The molecule has 1 saturated heterocycles. The molecule has 0 saturated carbocycles. The average molecular weight is 366 g/mol. The van der Waals surface area contributed by atoms with Crippen LogP contribution in [0.1, 0.15) is 30.5 Å². The van der Waals surface area contributed by atoms with Gasteiger partial charge in [-0.25, -0.2) is 4.79 Å². The summed E-state index contributed by atoms with van der Waals surface area (Å²) in [5, 5.41) is 0. The molecule has 5 nitrogen and oxygen atoms in total. The van der Waals surface area contributed by atoms with Crippen LogP contribution in [0.4, 0.5) is 0 Å². The highest BCUT2D eigenvalue weighted by atomic mass is 16.5. The lowest BCUT2D eigenvalue weighted by Gasteiger charge is -2.43. The van der Waals surface area contributed by atoms with Gasteiger partial charge >= 0.3 is 5.97 Å². The molecule has 1 aliphatic heterocycles. The molecule has 1 heterocycles. The van der Waals surface area contributed by atoms with Crippen molar-refractivity contribution >= 4 is 5.97 Å². The van der Waals surface area contributed by atoms with Crippen molar-refractivity contribution in [3.8, 4) is 0 Å². The number of ether oxygens (including phenoxy) is 2. The van der Waals surface area contributed by atoms with Gasteiger partial charge in [-0.3, -0.25) is 4.90 Å². The van der Waals surface area contributed by atoms with Gasteiger partial charge in [-0.1, -0.05) is 67.6 Å². The molecule has 1 aliphatic rings. The first kappa shape index (κ1) is 19.0. The number of benzene rings is 2. The van der Waals surface area contributed by atoms with Gasteiger partial charge in [0.05, 0.1) is 18.7 Å². The molecule has 1 fully saturated rings. The van der Waals surface area contributed by atoms with Gasteiger partial charge < -0.3 is 15.2 Å². The molecule has 0 radical (unpaired) electrons. The first-order valence-corrected chi connectivity index (χ1v) is 9.32. The lowest BCUT2D eigenvalue weighted by Crippen LogP contribution is -2.54. The largest absolute Gasteiger partial charge is 0.479 e. The SMILES string of the molecule is CCCOC(N)=CC(=O)OC1CN(C(c2ccccc2)c2ccccc2)C1. The minimum atomic E-state index is -0.454. The molecule has 2 aromatic rings. The van der Waals surface area contributed by atoms with Crippen molar-refractivity contribution in [2.75, 3.05) is 19.7 Å². The molecule has 0 spiro atoms. The van der Waals surface area contributed by atoms with E-state index in [0.29, 0.717) is 19.7 Å². The predicted octanol–water partition coefficient (Wildman–Crippen LogP) is 3.23. The topological polar surface area (TPSA) is 64.8 Å². The van der Waals surface area contributed by atoms with Gasteiger partial charge in [-0.2, -0.15) is 0 Å². The number of likely N-dealkylation sites (tertiary alicyclic amines) is 1. The number of rotatable bonds is 8. The highest BCUT2D eigenvalue weighted by Crippen LogP contribution is 2.32. The van der Waals surface area contributed by atoms with Crippen LogP contribution >= 0.6 is 0 Å². The van der Waals surface area contributed by atoms with Crippen LogP contribution in [0.2, 0.25) is 0 Å². The van der Waals surface area contributed by atoms with Crippen LogP contribution in [0.3, 0.4) is 0 Å². The highest BCUT2D eigenvalue weighted by Gasteiger charge is 2.36. The Morgan fingerprint density at radius 3 is 2.19 bits per heavy atom. The molecule has 0 amide bonds. The van der Waals surface area contributed by atoms with Crippen LogP contribution in [0, 0.1) is 0 Å². The normalized spacial score (nSPS) is 15.4. The van der Waals surface area contributed by atoms with Crippen LogP contribution < -0.4 is 5.73 Å². The molecule has 3 rings (SSSR count). The van der Waals surface area contributed by atoms with Crippen LogP contribution in [0.25, 0.3) is 0 Å². The Labute approximate surface area is 160 Å². The molecule has 0 unspecified atom stereocenters. The van der Waals surface area contributed by atoms with Crippen LogP contribution in [-0.4, -0.2) is 36.7 Å². The van der Waals surface area contributed by atoms with Gasteiger partial charge in [-0.05, 0) is 17.5 Å². The lowest BCUT2D eigenvalue weighted by atomic mass is 9.94. The third kappa shape index (κ3) is 5.11. The summed E-state index contributed by atoms with van der Waals surface area (Å²) < 4.78 is 10.7. The summed E-state index contributed by atoms with van der Waals surface area (Å²) in [6.07, 6.45) is 1.91. The fourth-order valence-corrected chi connectivity index (χ4v) is 3.22. The zero-order chi connectivity index (χ0) is 19.1. The standard InChI is InChI=1S/C22H26N2O3/c1-2-13-26-20(23)14-21(25)27-19-15-24(16-19)22(17-9-5-3-6-10-17)18-11-7-4-8-12-18/h3-12,14,19,22H,2,13,15-16,23H2,1H3. The number of nitrogens with zero attached hydrogens (tertiary/aromatic N) is 1. The molecule has 142 valence electrons. The van der Waals surface area contributed by atoms with E-state index >= 15 is 0 Å². The fraction of sp³-hybridized carbons (Fsp3) is 0.318. The molecule has 2 aromatic carbocycles.